The second-order valence-electron chi connectivity index (χ2n) is 5.90. The zero-order valence-corrected chi connectivity index (χ0v) is 13.9. The maximum Gasteiger partial charge on any atom is 0.270 e. The molecule has 1 N–H and O–H groups in total. The van der Waals surface area contributed by atoms with Gasteiger partial charge in [-0.3, -0.25) is 9.78 Å². The molecule has 0 saturated carbocycles. The highest BCUT2D eigenvalue weighted by Gasteiger charge is 2.13. The van der Waals surface area contributed by atoms with E-state index in [9.17, 15) is 4.79 Å². The summed E-state index contributed by atoms with van der Waals surface area (Å²) in [5.74, 6) is 0.638. The van der Waals surface area contributed by atoms with E-state index in [-0.39, 0.29) is 5.91 Å². The summed E-state index contributed by atoms with van der Waals surface area (Å²) < 4.78 is 5.34. The Bertz CT molecular complexity index is 739. The van der Waals surface area contributed by atoms with E-state index in [1.807, 2.05) is 18.2 Å². The number of rotatable bonds is 5. The Morgan fingerprint density at radius 2 is 2.17 bits per heavy atom. The van der Waals surface area contributed by atoms with E-state index < -0.39 is 0 Å². The van der Waals surface area contributed by atoms with Gasteiger partial charge in [0.25, 0.3) is 5.91 Å². The summed E-state index contributed by atoms with van der Waals surface area (Å²) in [5, 5.41) is 2.96. The van der Waals surface area contributed by atoms with Gasteiger partial charge in [0.2, 0.25) is 0 Å². The number of benzene rings is 1. The fraction of sp³-hybridized carbons (Fsp3) is 0.300. The van der Waals surface area contributed by atoms with Crippen molar-refractivity contribution in [1.82, 2.24) is 10.3 Å². The van der Waals surface area contributed by atoms with Crippen molar-refractivity contribution in [3.63, 3.8) is 0 Å². The molecule has 1 aromatic carbocycles. The molecule has 0 spiro atoms. The van der Waals surface area contributed by atoms with Crippen LogP contribution in [0.4, 0.5) is 0 Å². The molecule has 0 radical (unpaired) electrons. The van der Waals surface area contributed by atoms with Gasteiger partial charge in [-0.15, -0.1) is 0 Å². The van der Waals surface area contributed by atoms with Crippen LogP contribution in [0, 0.1) is 0 Å². The molecule has 4 nitrogen and oxygen atoms in total. The Hall–Kier alpha value is -2.62. The highest BCUT2D eigenvalue weighted by molar-refractivity contribution is 5.92. The number of ether oxygens (including phenoxy) is 1. The van der Waals surface area contributed by atoms with Crippen LogP contribution in [0.25, 0.3) is 5.57 Å². The number of allylic oxidation sites excluding steroid dienone is 2. The highest BCUT2D eigenvalue weighted by atomic mass is 16.5. The first kappa shape index (κ1) is 16.2. The number of amides is 1. The van der Waals surface area contributed by atoms with Crippen LogP contribution < -0.4 is 10.1 Å². The first-order valence-corrected chi connectivity index (χ1v) is 8.33. The number of hydrogen-bond donors (Lipinski definition) is 1. The summed E-state index contributed by atoms with van der Waals surface area (Å²) >= 11 is 0. The average Bonchev–Trinajstić information content (AvgIpc) is 2.67. The van der Waals surface area contributed by atoms with Crippen LogP contribution in [0.3, 0.4) is 0 Å². The van der Waals surface area contributed by atoms with Crippen molar-refractivity contribution < 1.29 is 9.53 Å². The summed E-state index contributed by atoms with van der Waals surface area (Å²) in [5.41, 5.74) is 4.08. The van der Waals surface area contributed by atoms with Crippen LogP contribution in [0.1, 0.15) is 47.3 Å². The van der Waals surface area contributed by atoms with E-state index >= 15 is 0 Å². The zero-order valence-electron chi connectivity index (χ0n) is 13.9. The highest BCUT2D eigenvalue weighted by Crippen LogP contribution is 2.31. The van der Waals surface area contributed by atoms with Crippen LogP contribution >= 0.6 is 0 Å². The van der Waals surface area contributed by atoms with Crippen LogP contribution in [0.5, 0.6) is 5.75 Å². The number of carbonyl (C=O) groups excluding carboxylic acids is 1. The molecule has 24 heavy (non-hydrogen) atoms. The second-order valence-corrected chi connectivity index (χ2v) is 5.90. The van der Waals surface area contributed by atoms with E-state index in [1.54, 1.807) is 25.4 Å². The summed E-state index contributed by atoms with van der Waals surface area (Å²) in [6, 6.07) is 11.4. The summed E-state index contributed by atoms with van der Waals surface area (Å²) in [7, 11) is 1.66. The predicted octanol–water partition coefficient (Wildman–Crippen LogP) is 3.98. The molecule has 2 aromatic rings. The maximum atomic E-state index is 12.2. The number of carbonyl (C=O) groups is 1. The minimum atomic E-state index is -0.165. The molecule has 1 aliphatic rings. The lowest BCUT2D eigenvalue weighted by Crippen LogP contribution is -2.24. The van der Waals surface area contributed by atoms with Gasteiger partial charge in [0.05, 0.1) is 7.11 Å². The van der Waals surface area contributed by atoms with E-state index in [4.69, 9.17) is 4.74 Å². The Balaban J connectivity index is 1.80. The standard InChI is InChI=1S/C20H22N2O2/c1-24-17-10-11-18(15-7-3-2-4-8-15)16(13-17)14-22-20(23)19-9-5-6-12-21-19/h5-7,9-13H,2-4,8,14H2,1H3,(H,22,23). The van der Waals surface area contributed by atoms with E-state index in [0.29, 0.717) is 12.2 Å². The van der Waals surface area contributed by atoms with Gasteiger partial charge in [-0.2, -0.15) is 0 Å². The maximum absolute atomic E-state index is 12.2. The molecule has 0 fully saturated rings. The van der Waals surface area contributed by atoms with Crippen LogP contribution in [0.15, 0.2) is 48.7 Å². The number of methoxy groups -OCH3 is 1. The summed E-state index contributed by atoms with van der Waals surface area (Å²) in [4.78, 5) is 16.3. The Labute approximate surface area is 142 Å². The number of aromatic nitrogens is 1. The zero-order chi connectivity index (χ0) is 16.8. The van der Waals surface area contributed by atoms with Crippen molar-refractivity contribution in [3.05, 3.63) is 65.5 Å². The summed E-state index contributed by atoms with van der Waals surface area (Å²) in [6.45, 7) is 0.458. The van der Waals surface area contributed by atoms with Crippen molar-refractivity contribution in [2.45, 2.75) is 32.2 Å². The molecule has 0 saturated heterocycles. The third-order valence-corrected chi connectivity index (χ3v) is 4.29. The monoisotopic (exact) mass is 322 g/mol. The molecule has 3 rings (SSSR count). The molecule has 4 heteroatoms. The van der Waals surface area contributed by atoms with Gasteiger partial charge in [0.1, 0.15) is 11.4 Å². The van der Waals surface area contributed by atoms with Gasteiger partial charge in [0, 0.05) is 12.7 Å². The minimum Gasteiger partial charge on any atom is -0.497 e. The largest absolute Gasteiger partial charge is 0.497 e. The third-order valence-electron chi connectivity index (χ3n) is 4.29. The Kier molecular flexibility index (Phi) is 5.26. The fourth-order valence-electron chi connectivity index (χ4n) is 3.00. The summed E-state index contributed by atoms with van der Waals surface area (Å²) in [6.07, 6.45) is 8.63. The van der Waals surface area contributed by atoms with Gasteiger partial charge in [-0.25, -0.2) is 0 Å². The number of hydrogen-bond acceptors (Lipinski definition) is 3. The number of nitrogens with zero attached hydrogens (tertiary/aromatic N) is 1. The smallest absolute Gasteiger partial charge is 0.270 e. The lowest BCUT2D eigenvalue weighted by molar-refractivity contribution is 0.0946. The quantitative estimate of drug-likeness (QED) is 0.906. The van der Waals surface area contributed by atoms with Crippen LogP contribution in [0.2, 0.25) is 0 Å². The molecule has 0 bridgehead atoms. The van der Waals surface area contributed by atoms with Crippen molar-refractivity contribution in [3.8, 4) is 5.75 Å². The SMILES string of the molecule is COc1ccc(C2=CCCCC2)c(CNC(=O)c2ccccn2)c1. The fourth-order valence-corrected chi connectivity index (χ4v) is 3.00. The molecular formula is C20H22N2O2. The van der Waals surface area contributed by atoms with Crippen LogP contribution in [-0.2, 0) is 6.54 Å². The van der Waals surface area contributed by atoms with Gasteiger partial charge in [0.15, 0.2) is 0 Å². The number of nitrogens with one attached hydrogen (secondary N) is 1. The van der Waals surface area contributed by atoms with E-state index in [1.165, 1.54) is 24.0 Å². The molecule has 1 heterocycles. The average molecular weight is 322 g/mol. The van der Waals surface area contributed by atoms with Crippen LogP contribution in [-0.4, -0.2) is 18.0 Å². The topological polar surface area (TPSA) is 51.2 Å². The molecule has 1 amide bonds. The molecule has 0 aliphatic heterocycles. The van der Waals surface area contributed by atoms with Crippen molar-refractivity contribution in [2.24, 2.45) is 0 Å². The third kappa shape index (κ3) is 3.82. The number of pyridine rings is 1. The van der Waals surface area contributed by atoms with Gasteiger partial charge in [-0.1, -0.05) is 18.2 Å². The van der Waals surface area contributed by atoms with Crippen molar-refractivity contribution in [1.29, 1.82) is 0 Å². The normalized spacial score (nSPS) is 14.0. The van der Waals surface area contributed by atoms with Crippen molar-refractivity contribution >= 4 is 11.5 Å². The first-order valence-electron chi connectivity index (χ1n) is 8.33. The molecule has 1 aliphatic carbocycles. The lowest BCUT2D eigenvalue weighted by atomic mass is 9.90. The van der Waals surface area contributed by atoms with Gasteiger partial charge < -0.3 is 10.1 Å². The predicted molar refractivity (Wildman–Crippen MR) is 94.8 cm³/mol. The molecule has 0 atom stereocenters. The molecule has 0 unspecified atom stereocenters. The molecule has 1 aromatic heterocycles. The molecule has 124 valence electrons. The minimum absolute atomic E-state index is 0.165. The molecular weight excluding hydrogens is 300 g/mol. The van der Waals surface area contributed by atoms with Gasteiger partial charge in [-0.05, 0) is 66.6 Å². The van der Waals surface area contributed by atoms with E-state index in [2.05, 4.69) is 22.4 Å². The lowest BCUT2D eigenvalue weighted by Gasteiger charge is -2.18. The van der Waals surface area contributed by atoms with E-state index in [0.717, 1.165) is 24.2 Å². The Morgan fingerprint density at radius 3 is 2.88 bits per heavy atom. The van der Waals surface area contributed by atoms with Crippen molar-refractivity contribution in [2.75, 3.05) is 7.11 Å². The van der Waals surface area contributed by atoms with Gasteiger partial charge >= 0.3 is 0 Å². The first-order chi connectivity index (χ1) is 11.8. The second kappa shape index (κ2) is 7.77. The Morgan fingerprint density at radius 1 is 1.25 bits per heavy atom.